The molecule has 108 valence electrons. The first-order valence-corrected chi connectivity index (χ1v) is 7.79. The lowest BCUT2D eigenvalue weighted by atomic mass is 10.1. The molecule has 0 unspecified atom stereocenters. The quantitative estimate of drug-likeness (QED) is 0.348. The van der Waals surface area contributed by atoms with Crippen molar-refractivity contribution in [3.8, 4) is 11.3 Å². The fourth-order valence-electron chi connectivity index (χ4n) is 3.25. The Bertz CT molecular complexity index is 1160. The number of rotatable bonds is 1. The van der Waals surface area contributed by atoms with Gasteiger partial charge in [0.15, 0.2) is 0 Å². The van der Waals surface area contributed by atoms with Crippen LogP contribution in [-0.2, 0) is 0 Å². The Hall–Kier alpha value is -3.06. The zero-order valence-corrected chi connectivity index (χ0v) is 12.5. The molecular weight excluding hydrogens is 280 g/mol. The fourth-order valence-corrected chi connectivity index (χ4v) is 3.25. The first-order chi connectivity index (χ1) is 11.4. The zero-order chi connectivity index (χ0) is 15.2. The zero-order valence-electron chi connectivity index (χ0n) is 12.5. The first-order valence-electron chi connectivity index (χ1n) is 7.79. The van der Waals surface area contributed by atoms with Crippen molar-refractivity contribution in [3.63, 3.8) is 0 Å². The summed E-state index contributed by atoms with van der Waals surface area (Å²) in [7, 11) is 0. The summed E-state index contributed by atoms with van der Waals surface area (Å²) in [5.41, 5.74) is 2.08. The van der Waals surface area contributed by atoms with E-state index in [9.17, 15) is 0 Å². The minimum absolute atomic E-state index is 0.919. The third kappa shape index (κ3) is 1.94. The molecule has 0 radical (unpaired) electrons. The highest BCUT2D eigenvalue weighted by Gasteiger charge is 2.09. The fraction of sp³-hybridized carbons (Fsp3) is 0. The lowest BCUT2D eigenvalue weighted by molar-refractivity contribution is 0.635. The van der Waals surface area contributed by atoms with E-state index in [0.29, 0.717) is 0 Å². The minimum Gasteiger partial charge on any atom is -0.455 e. The molecule has 5 rings (SSSR count). The molecular formula is C22H14O. The lowest BCUT2D eigenvalue weighted by Gasteiger charge is -2.01. The Morgan fingerprint density at radius 1 is 0.522 bits per heavy atom. The topological polar surface area (TPSA) is 13.1 Å². The molecule has 0 aliphatic heterocycles. The van der Waals surface area contributed by atoms with E-state index in [1.54, 1.807) is 0 Å². The van der Waals surface area contributed by atoms with Gasteiger partial charge in [-0.2, -0.15) is 0 Å². The largest absolute Gasteiger partial charge is 0.455 e. The summed E-state index contributed by atoms with van der Waals surface area (Å²) in [5.74, 6) is 0.919. The third-order valence-electron chi connectivity index (χ3n) is 4.44. The average molecular weight is 294 g/mol. The third-order valence-corrected chi connectivity index (χ3v) is 4.44. The molecule has 0 saturated heterocycles. The Morgan fingerprint density at radius 3 is 2.13 bits per heavy atom. The minimum atomic E-state index is 0.919. The van der Waals surface area contributed by atoms with E-state index < -0.39 is 0 Å². The Kier molecular flexibility index (Phi) is 2.56. The monoisotopic (exact) mass is 294 g/mol. The summed E-state index contributed by atoms with van der Waals surface area (Å²) >= 11 is 0. The highest BCUT2D eigenvalue weighted by atomic mass is 16.3. The van der Waals surface area contributed by atoms with Crippen molar-refractivity contribution in [1.82, 2.24) is 0 Å². The summed E-state index contributed by atoms with van der Waals surface area (Å²) in [4.78, 5) is 0. The molecule has 1 heteroatoms. The summed E-state index contributed by atoms with van der Waals surface area (Å²) in [6.45, 7) is 0. The van der Waals surface area contributed by atoms with Crippen LogP contribution in [0.4, 0.5) is 0 Å². The maximum absolute atomic E-state index is 6.22. The van der Waals surface area contributed by atoms with Crippen LogP contribution >= 0.6 is 0 Å². The number of hydrogen-bond donors (Lipinski definition) is 0. The van der Waals surface area contributed by atoms with E-state index in [0.717, 1.165) is 27.7 Å². The lowest BCUT2D eigenvalue weighted by Crippen LogP contribution is -1.75. The molecule has 0 N–H and O–H groups in total. The van der Waals surface area contributed by atoms with Gasteiger partial charge in [0.2, 0.25) is 0 Å². The van der Waals surface area contributed by atoms with Gasteiger partial charge in [-0.3, -0.25) is 0 Å². The van der Waals surface area contributed by atoms with Crippen molar-refractivity contribution in [3.05, 3.63) is 84.9 Å². The smallest absolute Gasteiger partial charge is 0.142 e. The van der Waals surface area contributed by atoms with Crippen LogP contribution in [0.25, 0.3) is 43.8 Å². The summed E-state index contributed by atoms with van der Waals surface area (Å²) in [6.07, 6.45) is 0. The molecule has 4 aromatic carbocycles. The van der Waals surface area contributed by atoms with Gasteiger partial charge >= 0.3 is 0 Å². The van der Waals surface area contributed by atoms with Crippen LogP contribution in [0.2, 0.25) is 0 Å². The second-order valence-electron chi connectivity index (χ2n) is 5.88. The van der Waals surface area contributed by atoms with Gasteiger partial charge in [0, 0.05) is 16.3 Å². The van der Waals surface area contributed by atoms with Crippen LogP contribution in [0, 0.1) is 0 Å². The van der Waals surface area contributed by atoms with E-state index in [4.69, 9.17) is 4.42 Å². The van der Waals surface area contributed by atoms with Gasteiger partial charge in [-0.1, -0.05) is 72.8 Å². The van der Waals surface area contributed by atoms with Crippen LogP contribution in [0.5, 0.6) is 0 Å². The van der Waals surface area contributed by atoms with Gasteiger partial charge in [0.1, 0.15) is 11.3 Å². The van der Waals surface area contributed by atoms with Gasteiger partial charge in [0.25, 0.3) is 0 Å². The van der Waals surface area contributed by atoms with Crippen molar-refractivity contribution in [2.45, 2.75) is 0 Å². The molecule has 0 aliphatic rings. The first kappa shape index (κ1) is 12.5. The second-order valence-corrected chi connectivity index (χ2v) is 5.88. The van der Waals surface area contributed by atoms with Crippen molar-refractivity contribution in [2.75, 3.05) is 0 Å². The maximum atomic E-state index is 6.22. The number of furan rings is 1. The Morgan fingerprint density at radius 2 is 1.22 bits per heavy atom. The highest BCUT2D eigenvalue weighted by Crippen LogP contribution is 2.33. The van der Waals surface area contributed by atoms with Crippen molar-refractivity contribution >= 4 is 32.5 Å². The standard InChI is InChI=1S/C22H14O/c1-2-7-17-13-18(11-9-15(17)5-1)21-14-19-12-10-16-6-3-4-8-20(16)22(19)23-21/h1-14H. The summed E-state index contributed by atoms with van der Waals surface area (Å²) < 4.78 is 6.22. The highest BCUT2D eigenvalue weighted by molar-refractivity contribution is 6.05. The van der Waals surface area contributed by atoms with Gasteiger partial charge < -0.3 is 4.42 Å². The molecule has 0 fully saturated rings. The molecule has 0 atom stereocenters. The van der Waals surface area contributed by atoms with Crippen LogP contribution in [0.15, 0.2) is 89.3 Å². The van der Waals surface area contributed by atoms with Gasteiger partial charge in [-0.15, -0.1) is 0 Å². The molecule has 5 aromatic rings. The van der Waals surface area contributed by atoms with Gasteiger partial charge in [-0.05, 0) is 28.3 Å². The molecule has 0 aliphatic carbocycles. The van der Waals surface area contributed by atoms with Gasteiger partial charge in [-0.25, -0.2) is 0 Å². The van der Waals surface area contributed by atoms with Crippen molar-refractivity contribution in [2.24, 2.45) is 0 Å². The predicted octanol–water partition coefficient (Wildman–Crippen LogP) is 6.41. The second kappa shape index (κ2) is 4.72. The number of benzene rings is 4. The molecule has 0 bridgehead atoms. The van der Waals surface area contributed by atoms with E-state index in [2.05, 4.69) is 84.9 Å². The molecule has 1 nitrogen and oxygen atoms in total. The molecule has 23 heavy (non-hydrogen) atoms. The molecule has 1 aromatic heterocycles. The van der Waals surface area contributed by atoms with E-state index >= 15 is 0 Å². The van der Waals surface area contributed by atoms with Crippen LogP contribution < -0.4 is 0 Å². The van der Waals surface area contributed by atoms with Crippen LogP contribution in [0.1, 0.15) is 0 Å². The van der Waals surface area contributed by atoms with E-state index in [-0.39, 0.29) is 0 Å². The van der Waals surface area contributed by atoms with E-state index in [1.807, 2.05) is 0 Å². The van der Waals surface area contributed by atoms with Crippen LogP contribution in [-0.4, -0.2) is 0 Å². The summed E-state index contributed by atoms with van der Waals surface area (Å²) in [5, 5.41) is 6.00. The molecule has 0 saturated carbocycles. The normalized spacial score (nSPS) is 11.5. The van der Waals surface area contributed by atoms with E-state index in [1.165, 1.54) is 16.2 Å². The number of hydrogen-bond acceptors (Lipinski definition) is 1. The molecule has 0 amide bonds. The molecule has 1 heterocycles. The maximum Gasteiger partial charge on any atom is 0.142 e. The van der Waals surface area contributed by atoms with Gasteiger partial charge in [0.05, 0.1) is 0 Å². The average Bonchev–Trinajstić information content (AvgIpc) is 3.06. The number of fused-ring (bicyclic) bond motifs is 4. The SMILES string of the molecule is c1ccc2cc(-c3cc4ccc5ccccc5c4o3)ccc2c1. The Labute approximate surface area is 133 Å². The predicted molar refractivity (Wildman–Crippen MR) is 96.7 cm³/mol. The Balaban J connectivity index is 1.76. The van der Waals surface area contributed by atoms with Crippen molar-refractivity contribution in [1.29, 1.82) is 0 Å². The molecule has 0 spiro atoms. The van der Waals surface area contributed by atoms with Crippen molar-refractivity contribution < 1.29 is 4.42 Å². The summed E-state index contributed by atoms with van der Waals surface area (Å²) in [6, 6.07) is 29.6. The van der Waals surface area contributed by atoms with Crippen LogP contribution in [0.3, 0.4) is 0 Å².